The standard InChI is InChI=1S/C4H6FNO2/c5-2-1-3(2)8-4(6)7/h2-3H,1H2,(H2,6,7)/t2-,3+/m0/s1. The van der Waals surface area contributed by atoms with Gasteiger partial charge in [-0.25, -0.2) is 9.18 Å². The average molecular weight is 119 g/mol. The van der Waals surface area contributed by atoms with Crippen LogP contribution in [0.4, 0.5) is 9.18 Å². The molecule has 2 N–H and O–H groups in total. The van der Waals surface area contributed by atoms with E-state index in [0.717, 1.165) is 0 Å². The maximum Gasteiger partial charge on any atom is 0.404 e. The van der Waals surface area contributed by atoms with Gasteiger partial charge in [0.25, 0.3) is 0 Å². The van der Waals surface area contributed by atoms with Gasteiger partial charge in [0.2, 0.25) is 0 Å². The summed E-state index contributed by atoms with van der Waals surface area (Å²) in [5.41, 5.74) is 4.57. The molecule has 0 radical (unpaired) electrons. The smallest absolute Gasteiger partial charge is 0.404 e. The van der Waals surface area contributed by atoms with Crippen LogP contribution in [0.25, 0.3) is 0 Å². The fourth-order valence-corrected chi connectivity index (χ4v) is 0.414. The van der Waals surface area contributed by atoms with Crippen molar-refractivity contribution in [1.82, 2.24) is 0 Å². The van der Waals surface area contributed by atoms with Gasteiger partial charge in [0.05, 0.1) is 0 Å². The first-order chi connectivity index (χ1) is 3.70. The van der Waals surface area contributed by atoms with Crippen LogP contribution >= 0.6 is 0 Å². The average Bonchev–Trinajstić information content (AvgIpc) is 2.17. The molecule has 3 nitrogen and oxygen atoms in total. The fraction of sp³-hybridized carbons (Fsp3) is 0.750. The fourth-order valence-electron chi connectivity index (χ4n) is 0.414. The molecule has 8 heavy (non-hydrogen) atoms. The summed E-state index contributed by atoms with van der Waals surface area (Å²) in [5.74, 6) is 0. The lowest BCUT2D eigenvalue weighted by Crippen LogP contribution is -2.15. The van der Waals surface area contributed by atoms with Crippen molar-refractivity contribution in [3.8, 4) is 0 Å². The molecule has 46 valence electrons. The molecule has 1 saturated carbocycles. The molecule has 0 aromatic rings. The van der Waals surface area contributed by atoms with Crippen LogP contribution in [0, 0.1) is 0 Å². The zero-order valence-electron chi connectivity index (χ0n) is 4.13. The molecule has 0 aromatic carbocycles. The van der Waals surface area contributed by atoms with E-state index in [1.54, 1.807) is 0 Å². The number of halogens is 1. The van der Waals surface area contributed by atoms with E-state index in [0.29, 0.717) is 6.42 Å². The molecule has 0 spiro atoms. The molecule has 0 unspecified atom stereocenters. The highest BCUT2D eigenvalue weighted by Crippen LogP contribution is 2.28. The summed E-state index contributed by atoms with van der Waals surface area (Å²) >= 11 is 0. The Labute approximate surface area is 45.6 Å². The molecule has 0 aliphatic heterocycles. The van der Waals surface area contributed by atoms with Crippen LogP contribution in [0.1, 0.15) is 6.42 Å². The van der Waals surface area contributed by atoms with Crippen molar-refractivity contribution in [2.24, 2.45) is 5.73 Å². The van der Waals surface area contributed by atoms with Crippen molar-refractivity contribution < 1.29 is 13.9 Å². The molecule has 1 fully saturated rings. The Morgan fingerprint density at radius 3 is 2.50 bits per heavy atom. The number of amides is 1. The second-order valence-corrected chi connectivity index (χ2v) is 1.73. The Morgan fingerprint density at radius 2 is 2.38 bits per heavy atom. The van der Waals surface area contributed by atoms with Crippen LogP contribution in [-0.4, -0.2) is 18.4 Å². The summed E-state index contributed by atoms with van der Waals surface area (Å²) in [5, 5.41) is 0. The highest BCUT2D eigenvalue weighted by molar-refractivity contribution is 5.65. The molecule has 0 aromatic heterocycles. The highest BCUT2D eigenvalue weighted by Gasteiger charge is 2.40. The highest BCUT2D eigenvalue weighted by atomic mass is 19.1. The van der Waals surface area contributed by atoms with Gasteiger partial charge in [-0.15, -0.1) is 0 Å². The number of carbonyl (C=O) groups is 1. The monoisotopic (exact) mass is 119 g/mol. The minimum absolute atomic E-state index is 0.308. The summed E-state index contributed by atoms with van der Waals surface area (Å²) in [6.07, 6.45) is -2.10. The number of nitrogens with two attached hydrogens (primary N) is 1. The first kappa shape index (κ1) is 5.34. The second-order valence-electron chi connectivity index (χ2n) is 1.73. The van der Waals surface area contributed by atoms with Crippen LogP contribution < -0.4 is 5.73 Å². The first-order valence-electron chi connectivity index (χ1n) is 2.30. The summed E-state index contributed by atoms with van der Waals surface area (Å²) in [4.78, 5) is 9.83. The van der Waals surface area contributed by atoms with E-state index < -0.39 is 18.4 Å². The predicted molar refractivity (Wildman–Crippen MR) is 24.0 cm³/mol. The number of primary amides is 1. The Balaban J connectivity index is 2.14. The van der Waals surface area contributed by atoms with E-state index in [4.69, 9.17) is 0 Å². The van der Waals surface area contributed by atoms with Crippen molar-refractivity contribution in [3.63, 3.8) is 0 Å². The maximum atomic E-state index is 11.8. The Hall–Kier alpha value is -0.800. The van der Waals surface area contributed by atoms with E-state index in [2.05, 4.69) is 10.5 Å². The molecular formula is C4H6FNO2. The molecule has 1 rings (SSSR count). The summed E-state index contributed by atoms with van der Waals surface area (Å²) in [6.45, 7) is 0. The van der Waals surface area contributed by atoms with Gasteiger partial charge in [0.15, 0.2) is 0 Å². The summed E-state index contributed by atoms with van der Waals surface area (Å²) in [7, 11) is 0. The third-order valence-electron chi connectivity index (χ3n) is 0.925. The Bertz CT molecular complexity index is 117. The van der Waals surface area contributed by atoms with Crippen LogP contribution in [0.15, 0.2) is 0 Å². The van der Waals surface area contributed by atoms with Crippen LogP contribution in [0.5, 0.6) is 0 Å². The lowest BCUT2D eigenvalue weighted by atomic mass is 10.8. The van der Waals surface area contributed by atoms with Gasteiger partial charge in [-0.05, 0) is 0 Å². The third-order valence-corrected chi connectivity index (χ3v) is 0.925. The van der Waals surface area contributed by atoms with Gasteiger partial charge >= 0.3 is 6.09 Å². The lowest BCUT2D eigenvalue weighted by molar-refractivity contribution is 0.139. The SMILES string of the molecule is NC(=O)O[C@@H]1C[C@@H]1F. The molecule has 1 aliphatic carbocycles. The van der Waals surface area contributed by atoms with E-state index in [-0.39, 0.29) is 0 Å². The zero-order valence-corrected chi connectivity index (χ0v) is 4.13. The molecule has 2 atom stereocenters. The van der Waals surface area contributed by atoms with Gasteiger partial charge in [-0.1, -0.05) is 0 Å². The number of alkyl halides is 1. The summed E-state index contributed by atoms with van der Waals surface area (Å²) in [6, 6.07) is 0. The zero-order chi connectivity index (χ0) is 6.15. The number of hydrogen-bond donors (Lipinski definition) is 1. The van der Waals surface area contributed by atoms with E-state index in [1.165, 1.54) is 0 Å². The number of rotatable bonds is 1. The van der Waals surface area contributed by atoms with Crippen molar-refractivity contribution in [2.45, 2.75) is 18.7 Å². The number of carbonyl (C=O) groups excluding carboxylic acids is 1. The predicted octanol–water partition coefficient (Wildman–Crippen LogP) is 0.192. The van der Waals surface area contributed by atoms with Gasteiger partial charge in [0, 0.05) is 6.42 Å². The van der Waals surface area contributed by atoms with Crippen LogP contribution in [0.2, 0.25) is 0 Å². The van der Waals surface area contributed by atoms with Gasteiger partial charge < -0.3 is 10.5 Å². The topological polar surface area (TPSA) is 52.3 Å². The Kier molecular flexibility index (Phi) is 1.08. The largest absolute Gasteiger partial charge is 0.443 e. The molecule has 0 saturated heterocycles. The molecule has 1 aliphatic rings. The molecule has 0 heterocycles. The molecule has 0 bridgehead atoms. The van der Waals surface area contributed by atoms with Gasteiger partial charge in [-0.2, -0.15) is 0 Å². The molecular weight excluding hydrogens is 113 g/mol. The Morgan fingerprint density at radius 1 is 1.88 bits per heavy atom. The molecule has 4 heteroatoms. The minimum atomic E-state index is -0.970. The van der Waals surface area contributed by atoms with Crippen molar-refractivity contribution >= 4 is 6.09 Å². The van der Waals surface area contributed by atoms with Crippen molar-refractivity contribution in [3.05, 3.63) is 0 Å². The second kappa shape index (κ2) is 1.61. The van der Waals surface area contributed by atoms with Crippen molar-refractivity contribution in [2.75, 3.05) is 0 Å². The van der Waals surface area contributed by atoms with E-state index in [1.807, 2.05) is 0 Å². The van der Waals surface area contributed by atoms with Crippen LogP contribution in [0.3, 0.4) is 0 Å². The number of hydrogen-bond acceptors (Lipinski definition) is 2. The van der Waals surface area contributed by atoms with Crippen LogP contribution in [-0.2, 0) is 4.74 Å². The lowest BCUT2D eigenvalue weighted by Gasteiger charge is -1.92. The first-order valence-corrected chi connectivity index (χ1v) is 2.30. The number of ether oxygens (including phenoxy) is 1. The minimum Gasteiger partial charge on any atom is -0.443 e. The molecule has 1 amide bonds. The third kappa shape index (κ3) is 1.08. The van der Waals surface area contributed by atoms with E-state index >= 15 is 0 Å². The van der Waals surface area contributed by atoms with E-state index in [9.17, 15) is 9.18 Å². The summed E-state index contributed by atoms with van der Waals surface area (Å²) < 4.78 is 16.0. The van der Waals surface area contributed by atoms with Gasteiger partial charge in [0.1, 0.15) is 12.3 Å². The van der Waals surface area contributed by atoms with Gasteiger partial charge in [-0.3, -0.25) is 0 Å². The quantitative estimate of drug-likeness (QED) is 0.535. The normalized spacial score (nSPS) is 34.1. The maximum absolute atomic E-state index is 11.8. The van der Waals surface area contributed by atoms with Crippen molar-refractivity contribution in [1.29, 1.82) is 0 Å².